The van der Waals surface area contributed by atoms with Crippen LogP contribution in [0.5, 0.6) is 0 Å². The Morgan fingerprint density at radius 1 is 1.02 bits per heavy atom. The molecule has 1 aromatic carbocycles. The fraction of sp³-hybridized carbons (Fsp3) is 0.610. The monoisotopic (exact) mass is 754 g/mol. The van der Waals surface area contributed by atoms with E-state index in [0.29, 0.717) is 34.4 Å². The third-order valence-electron chi connectivity index (χ3n) is 12.8. The second kappa shape index (κ2) is 14.9. The molecule has 0 bridgehead atoms. The van der Waals surface area contributed by atoms with Gasteiger partial charge in [-0.25, -0.2) is 0 Å². The van der Waals surface area contributed by atoms with Crippen molar-refractivity contribution < 1.29 is 52.2 Å². The van der Waals surface area contributed by atoms with Crippen molar-refractivity contribution >= 4 is 40.2 Å². The molecule has 5 rings (SSSR count). The summed E-state index contributed by atoms with van der Waals surface area (Å²) < 4.78 is 43.6. The first-order valence-electron chi connectivity index (χ1n) is 18.2. The number of carbonyl (C=O) groups excluding carboxylic acids is 4. The van der Waals surface area contributed by atoms with E-state index >= 15 is 0 Å². The fourth-order valence-corrected chi connectivity index (χ4v) is 11.7. The van der Waals surface area contributed by atoms with Crippen molar-refractivity contribution in [3.63, 3.8) is 0 Å². The number of ether oxygens (including phenoxy) is 5. The van der Waals surface area contributed by atoms with E-state index in [4.69, 9.17) is 23.7 Å². The molecule has 0 amide bonds. The Kier molecular flexibility index (Phi) is 11.4. The van der Waals surface area contributed by atoms with Crippen molar-refractivity contribution in [1.29, 1.82) is 0 Å². The van der Waals surface area contributed by atoms with Gasteiger partial charge in [0.05, 0.1) is 35.0 Å². The van der Waals surface area contributed by atoms with Gasteiger partial charge in [0.25, 0.3) is 0 Å². The number of benzene rings is 1. The summed E-state index contributed by atoms with van der Waals surface area (Å²) in [6, 6.07) is 7.27. The van der Waals surface area contributed by atoms with Gasteiger partial charge in [-0.3, -0.25) is 23.4 Å². The fourth-order valence-electron chi connectivity index (χ4n) is 10.9. The quantitative estimate of drug-likeness (QED) is 0.193. The van der Waals surface area contributed by atoms with Gasteiger partial charge >= 0.3 is 23.9 Å². The highest BCUT2D eigenvalue weighted by Gasteiger charge is 2.76. The van der Waals surface area contributed by atoms with Crippen LogP contribution in [-0.4, -0.2) is 82.7 Å². The van der Waals surface area contributed by atoms with Crippen molar-refractivity contribution in [3.8, 4) is 0 Å². The lowest BCUT2D eigenvalue weighted by Crippen LogP contribution is -2.76. The highest BCUT2D eigenvalue weighted by atomic mass is 32.2. The normalized spacial score (nSPS) is 37.2. The van der Waals surface area contributed by atoms with Gasteiger partial charge in [-0.1, -0.05) is 50.8 Å². The van der Waals surface area contributed by atoms with Gasteiger partial charge in [-0.05, 0) is 66.9 Å². The maximum absolute atomic E-state index is 13.2. The molecule has 0 spiro atoms. The van der Waals surface area contributed by atoms with E-state index in [1.54, 1.807) is 25.3 Å². The molecule has 3 aliphatic carbocycles. The lowest BCUT2D eigenvalue weighted by Gasteiger charge is -2.71. The first kappa shape index (κ1) is 40.6. The summed E-state index contributed by atoms with van der Waals surface area (Å²) in [6.07, 6.45) is 4.26. The van der Waals surface area contributed by atoms with E-state index in [2.05, 4.69) is 13.5 Å². The Balaban J connectivity index is 1.79. The summed E-state index contributed by atoms with van der Waals surface area (Å²) >= 11 is 0. The smallest absolute Gasteiger partial charge is 0.303 e. The van der Waals surface area contributed by atoms with Crippen LogP contribution in [0.3, 0.4) is 0 Å². The molecule has 2 fully saturated rings. The Labute approximate surface area is 314 Å². The zero-order chi connectivity index (χ0) is 39.3. The van der Waals surface area contributed by atoms with Crippen molar-refractivity contribution in [3.05, 3.63) is 60.2 Å². The van der Waals surface area contributed by atoms with Crippen LogP contribution in [0, 0.1) is 34.0 Å². The van der Waals surface area contributed by atoms with Crippen LogP contribution in [0.2, 0.25) is 0 Å². The van der Waals surface area contributed by atoms with Gasteiger partial charge in [-0.2, -0.15) is 0 Å². The average molecular weight is 755 g/mol. The topological polar surface area (TPSA) is 152 Å². The van der Waals surface area contributed by atoms with Gasteiger partial charge in [-0.15, -0.1) is 0 Å². The van der Waals surface area contributed by atoms with Crippen LogP contribution in [0.1, 0.15) is 80.2 Å². The number of esters is 4. The van der Waals surface area contributed by atoms with E-state index in [-0.39, 0.29) is 19.6 Å². The molecule has 290 valence electrons. The number of hydrogen-bond acceptors (Lipinski definition) is 11. The average Bonchev–Trinajstić information content (AvgIpc) is 3.29. The highest BCUT2D eigenvalue weighted by Crippen LogP contribution is 2.72. The first-order valence-corrected chi connectivity index (χ1v) is 19.8. The largest absolute Gasteiger partial charge is 0.462 e. The van der Waals surface area contributed by atoms with Crippen LogP contribution in [0.25, 0.3) is 5.57 Å². The van der Waals surface area contributed by atoms with Gasteiger partial charge in [0.15, 0.2) is 6.10 Å². The minimum absolute atomic E-state index is 0.0195. The number of allylic oxidation sites excluding steroid dienone is 1. The van der Waals surface area contributed by atoms with E-state index in [0.717, 1.165) is 0 Å². The molecule has 12 atom stereocenters. The molecule has 11 nitrogen and oxygen atoms in total. The minimum Gasteiger partial charge on any atom is -0.462 e. The second-order valence-corrected chi connectivity index (χ2v) is 17.2. The second-order valence-electron chi connectivity index (χ2n) is 15.9. The van der Waals surface area contributed by atoms with E-state index < -0.39 is 98.7 Å². The van der Waals surface area contributed by atoms with E-state index in [9.17, 15) is 28.5 Å². The van der Waals surface area contributed by atoms with Crippen molar-refractivity contribution in [2.45, 2.75) is 110 Å². The molecular formula is C41H54O11S. The molecule has 1 N–H and O–H groups in total. The highest BCUT2D eigenvalue weighted by molar-refractivity contribution is 7.84. The van der Waals surface area contributed by atoms with E-state index in [1.807, 2.05) is 44.2 Å². The molecule has 1 aliphatic heterocycles. The van der Waals surface area contributed by atoms with Crippen molar-refractivity contribution in [1.82, 2.24) is 0 Å². The van der Waals surface area contributed by atoms with Crippen LogP contribution < -0.4 is 0 Å². The number of hydrogen-bond donors (Lipinski definition) is 1. The molecule has 1 aromatic rings. The Bertz CT molecular complexity index is 1750. The van der Waals surface area contributed by atoms with Crippen LogP contribution >= 0.6 is 0 Å². The van der Waals surface area contributed by atoms with Crippen LogP contribution in [0.15, 0.2) is 59.5 Å². The summed E-state index contributed by atoms with van der Waals surface area (Å²) in [5.41, 5.74) is -2.83. The predicted octanol–water partition coefficient (Wildman–Crippen LogP) is 5.51. The minimum atomic E-state index is -1.54. The number of fused-ring (bicyclic) bond motifs is 5. The summed E-state index contributed by atoms with van der Waals surface area (Å²) in [4.78, 5) is 52.4. The van der Waals surface area contributed by atoms with Crippen molar-refractivity contribution in [2.24, 2.45) is 34.0 Å². The van der Waals surface area contributed by atoms with Crippen LogP contribution in [-0.2, 0) is 53.7 Å². The lowest BCUT2D eigenvalue weighted by atomic mass is 9.35. The summed E-state index contributed by atoms with van der Waals surface area (Å²) in [6.45, 7) is 17.5. The molecule has 0 saturated heterocycles. The zero-order valence-electron chi connectivity index (χ0n) is 32.3. The Morgan fingerprint density at radius 3 is 2.26 bits per heavy atom. The molecule has 4 aliphatic rings. The van der Waals surface area contributed by atoms with Gasteiger partial charge in [0, 0.05) is 62.5 Å². The van der Waals surface area contributed by atoms with Gasteiger partial charge in [0.2, 0.25) is 0 Å². The third-order valence-corrected chi connectivity index (χ3v) is 13.7. The molecule has 2 saturated carbocycles. The standard InChI is InChI=1S/C41H54O11S/c1-23(30-14-11-12-15-31(30)53(10)47)21-41(46)24(2)20-34(50-27(5)43)39(9)33(41)17-18-38(8)32-16-13-19-48-22-40(32,25(3)49-26(4)42)37(52-29(7)45)35(36(38)39)51-28(6)44/h11-16,20,25,32-37,46H,1,17-19,21-22H2,2-10H3/t25-,32?,33?,34-,35+,36?,37+,38+,39-,40-,41?,53?/m1/s1. The molecule has 0 aromatic heterocycles. The van der Waals surface area contributed by atoms with Gasteiger partial charge in [0.1, 0.15) is 18.3 Å². The number of aliphatic hydroxyl groups is 1. The van der Waals surface area contributed by atoms with Crippen LogP contribution in [0.4, 0.5) is 0 Å². The molecule has 53 heavy (non-hydrogen) atoms. The summed E-state index contributed by atoms with van der Waals surface area (Å²) in [5, 5.41) is 13.2. The SMILES string of the molecule is C=C(CC1(O)C(C)=C[C@@H](OC(C)=O)[C@@]2(C)C1CC[C@]1(C)C2[C@H](OC(C)=O)[C@H](OC(C)=O)[C@@]2([C@@H](C)OC(C)=O)COCC=CC12)c1ccccc1S(C)=O. The molecular weight excluding hydrogens is 701 g/mol. The lowest BCUT2D eigenvalue weighted by molar-refractivity contribution is -0.303. The first-order chi connectivity index (χ1) is 24.7. The number of rotatable bonds is 9. The molecule has 5 unspecified atom stereocenters. The zero-order valence-corrected chi connectivity index (χ0v) is 33.1. The predicted molar refractivity (Wildman–Crippen MR) is 197 cm³/mol. The summed E-state index contributed by atoms with van der Waals surface area (Å²) in [5.74, 6) is -4.09. The maximum atomic E-state index is 13.2. The molecule has 1 heterocycles. The molecule has 12 heteroatoms. The van der Waals surface area contributed by atoms with Gasteiger partial charge < -0.3 is 28.8 Å². The third kappa shape index (κ3) is 6.84. The Hall–Kier alpha value is -3.61. The van der Waals surface area contributed by atoms with Crippen molar-refractivity contribution in [2.75, 3.05) is 19.5 Å². The maximum Gasteiger partial charge on any atom is 0.303 e. The summed E-state index contributed by atoms with van der Waals surface area (Å²) in [7, 11) is -1.32. The number of carbonyl (C=O) groups is 4. The Morgan fingerprint density at radius 2 is 1.66 bits per heavy atom. The van der Waals surface area contributed by atoms with E-state index in [1.165, 1.54) is 27.7 Å². The molecule has 0 radical (unpaired) electrons.